The van der Waals surface area contributed by atoms with Gasteiger partial charge >= 0.3 is 0 Å². The van der Waals surface area contributed by atoms with Crippen LogP contribution in [0, 0.1) is 0 Å². The Morgan fingerprint density at radius 1 is 1.35 bits per heavy atom. The zero-order chi connectivity index (χ0) is 12.7. The van der Waals surface area contributed by atoms with Gasteiger partial charge in [-0.05, 0) is 19.8 Å². The summed E-state index contributed by atoms with van der Waals surface area (Å²) in [6.07, 6.45) is 7.17. The van der Waals surface area contributed by atoms with Crippen LogP contribution in [-0.4, -0.2) is 23.9 Å². The van der Waals surface area contributed by atoms with Gasteiger partial charge in [0, 0.05) is 12.5 Å². The highest BCUT2D eigenvalue weighted by Gasteiger charge is 2.26. The molecule has 2 amide bonds. The Hall–Kier alpha value is -0.900. The minimum atomic E-state index is -0.186. The topological polar surface area (TPSA) is 58.2 Å². The van der Waals surface area contributed by atoms with E-state index in [9.17, 15) is 9.59 Å². The molecule has 0 aliphatic carbocycles. The van der Waals surface area contributed by atoms with Crippen molar-refractivity contribution in [1.29, 1.82) is 0 Å². The molecule has 2 atom stereocenters. The van der Waals surface area contributed by atoms with Crippen molar-refractivity contribution in [2.45, 2.75) is 70.9 Å². The Morgan fingerprint density at radius 3 is 2.76 bits per heavy atom. The first-order valence-electron chi connectivity index (χ1n) is 6.73. The lowest BCUT2D eigenvalue weighted by atomic mass is 10.0. The number of nitrogens with one attached hydrogen (secondary N) is 2. The molecule has 0 spiro atoms. The number of hydrogen-bond acceptors (Lipinski definition) is 3. The summed E-state index contributed by atoms with van der Waals surface area (Å²) in [5.74, 6) is -0.315. The fourth-order valence-corrected chi connectivity index (χ4v) is 2.16. The molecule has 0 aromatic carbocycles. The number of carbonyl (C=O) groups excluding carboxylic acids is 2. The van der Waals surface area contributed by atoms with Crippen LogP contribution in [0.4, 0.5) is 0 Å². The fraction of sp³-hybridized carbons (Fsp3) is 0.846. The maximum absolute atomic E-state index is 11.5. The molecule has 0 aromatic rings. The number of rotatable bonds is 7. The van der Waals surface area contributed by atoms with Crippen molar-refractivity contribution in [3.8, 4) is 0 Å². The highest BCUT2D eigenvalue weighted by molar-refractivity contribution is 6.00. The number of hydrogen-bond donors (Lipinski definition) is 2. The number of carbonyl (C=O) groups is 2. The second-order valence-electron chi connectivity index (χ2n) is 4.92. The Morgan fingerprint density at radius 2 is 2.12 bits per heavy atom. The number of imide groups is 1. The Labute approximate surface area is 104 Å². The van der Waals surface area contributed by atoms with E-state index in [4.69, 9.17) is 0 Å². The summed E-state index contributed by atoms with van der Waals surface area (Å²) >= 11 is 0. The van der Waals surface area contributed by atoms with Gasteiger partial charge in [-0.15, -0.1) is 0 Å². The lowest BCUT2D eigenvalue weighted by molar-refractivity contribution is -0.134. The van der Waals surface area contributed by atoms with E-state index in [1.807, 2.05) is 0 Å². The molecule has 17 heavy (non-hydrogen) atoms. The molecule has 2 unspecified atom stereocenters. The predicted molar refractivity (Wildman–Crippen MR) is 67.5 cm³/mol. The average molecular weight is 240 g/mol. The highest BCUT2D eigenvalue weighted by atomic mass is 16.2. The summed E-state index contributed by atoms with van der Waals surface area (Å²) < 4.78 is 0. The molecule has 4 heteroatoms. The lowest BCUT2D eigenvalue weighted by Gasteiger charge is -2.25. The van der Waals surface area contributed by atoms with Crippen LogP contribution in [0.15, 0.2) is 0 Å². The first kappa shape index (κ1) is 14.2. The molecule has 0 saturated carbocycles. The van der Waals surface area contributed by atoms with Gasteiger partial charge in [-0.25, -0.2) is 0 Å². The third-order valence-corrected chi connectivity index (χ3v) is 3.22. The van der Waals surface area contributed by atoms with Crippen molar-refractivity contribution in [2.75, 3.05) is 0 Å². The lowest BCUT2D eigenvalue weighted by Crippen LogP contribution is -2.52. The first-order chi connectivity index (χ1) is 8.13. The first-order valence-corrected chi connectivity index (χ1v) is 6.73. The van der Waals surface area contributed by atoms with Gasteiger partial charge in [-0.1, -0.05) is 32.6 Å². The van der Waals surface area contributed by atoms with E-state index >= 15 is 0 Å². The Bertz CT molecular complexity index is 266. The van der Waals surface area contributed by atoms with Gasteiger partial charge in [0.25, 0.3) is 0 Å². The van der Waals surface area contributed by atoms with Gasteiger partial charge in [0.15, 0.2) is 0 Å². The maximum atomic E-state index is 11.5. The van der Waals surface area contributed by atoms with Gasteiger partial charge in [0.05, 0.1) is 6.04 Å². The minimum Gasteiger partial charge on any atom is -0.303 e. The van der Waals surface area contributed by atoms with Gasteiger partial charge < -0.3 is 5.32 Å². The molecule has 2 N–H and O–H groups in total. The van der Waals surface area contributed by atoms with Crippen LogP contribution in [0.2, 0.25) is 0 Å². The van der Waals surface area contributed by atoms with Gasteiger partial charge in [-0.2, -0.15) is 0 Å². The molecule has 1 heterocycles. The molecule has 0 aromatic heterocycles. The van der Waals surface area contributed by atoms with E-state index in [2.05, 4.69) is 24.5 Å². The smallest absolute Gasteiger partial charge is 0.243 e. The largest absolute Gasteiger partial charge is 0.303 e. The number of unbranched alkanes of at least 4 members (excludes halogenated alkanes) is 3. The molecular formula is C13H24N2O2. The maximum Gasteiger partial charge on any atom is 0.243 e. The summed E-state index contributed by atoms with van der Waals surface area (Å²) in [4.78, 5) is 22.5. The predicted octanol–water partition coefficient (Wildman–Crippen LogP) is 1.74. The monoisotopic (exact) mass is 240 g/mol. The Balaban J connectivity index is 2.19. The van der Waals surface area contributed by atoms with E-state index in [0.29, 0.717) is 18.9 Å². The SMILES string of the molecule is CCCCCCC(C)NC1CCC(=O)NC1=O. The molecule has 1 aliphatic heterocycles. The fourth-order valence-electron chi connectivity index (χ4n) is 2.16. The van der Waals surface area contributed by atoms with Crippen molar-refractivity contribution < 1.29 is 9.59 Å². The summed E-state index contributed by atoms with van der Waals surface area (Å²) in [6.45, 7) is 4.31. The third kappa shape index (κ3) is 5.31. The van der Waals surface area contributed by atoms with Crippen LogP contribution >= 0.6 is 0 Å². The van der Waals surface area contributed by atoms with Crippen molar-refractivity contribution in [3.05, 3.63) is 0 Å². The summed E-state index contributed by atoms with van der Waals surface area (Å²) in [7, 11) is 0. The molecule has 1 saturated heterocycles. The van der Waals surface area contributed by atoms with E-state index < -0.39 is 0 Å². The van der Waals surface area contributed by atoms with E-state index in [0.717, 1.165) is 6.42 Å². The standard InChI is InChI=1S/C13H24N2O2/c1-3-4-5-6-7-10(2)14-11-8-9-12(16)15-13(11)17/h10-11,14H,3-9H2,1-2H3,(H,15,16,17). The van der Waals surface area contributed by atoms with E-state index in [-0.39, 0.29) is 17.9 Å². The summed E-state index contributed by atoms with van der Waals surface area (Å²) in [5, 5.41) is 5.67. The highest BCUT2D eigenvalue weighted by Crippen LogP contribution is 2.09. The molecule has 98 valence electrons. The summed E-state index contributed by atoms with van der Waals surface area (Å²) in [6, 6.07) is 0.157. The van der Waals surface area contributed by atoms with Crippen LogP contribution < -0.4 is 10.6 Å². The van der Waals surface area contributed by atoms with Crippen LogP contribution in [-0.2, 0) is 9.59 Å². The van der Waals surface area contributed by atoms with Crippen LogP contribution in [0.25, 0.3) is 0 Å². The third-order valence-electron chi connectivity index (χ3n) is 3.22. The van der Waals surface area contributed by atoms with Gasteiger partial charge in [0.1, 0.15) is 0 Å². The number of piperidine rings is 1. The van der Waals surface area contributed by atoms with Gasteiger partial charge in [0.2, 0.25) is 11.8 Å². The molecule has 4 nitrogen and oxygen atoms in total. The molecule has 0 radical (unpaired) electrons. The van der Waals surface area contributed by atoms with Crippen LogP contribution in [0.3, 0.4) is 0 Å². The van der Waals surface area contributed by atoms with E-state index in [1.54, 1.807) is 0 Å². The second-order valence-corrected chi connectivity index (χ2v) is 4.92. The molecule has 0 bridgehead atoms. The van der Waals surface area contributed by atoms with Crippen LogP contribution in [0.5, 0.6) is 0 Å². The molecule has 1 aliphatic rings. The average Bonchev–Trinajstić information content (AvgIpc) is 2.28. The Kier molecular flexibility index (Phi) is 6.19. The summed E-state index contributed by atoms with van der Waals surface area (Å²) in [5.41, 5.74) is 0. The van der Waals surface area contributed by atoms with E-state index in [1.165, 1.54) is 25.7 Å². The second kappa shape index (κ2) is 7.43. The number of amides is 2. The van der Waals surface area contributed by atoms with Crippen molar-refractivity contribution in [1.82, 2.24) is 10.6 Å². The molecular weight excluding hydrogens is 216 g/mol. The van der Waals surface area contributed by atoms with Gasteiger partial charge in [-0.3, -0.25) is 14.9 Å². The molecule has 1 fully saturated rings. The molecule has 1 rings (SSSR count). The zero-order valence-electron chi connectivity index (χ0n) is 10.9. The normalized spacial score (nSPS) is 22.4. The quantitative estimate of drug-likeness (QED) is 0.526. The minimum absolute atomic E-state index is 0.149. The van der Waals surface area contributed by atoms with Crippen molar-refractivity contribution in [2.24, 2.45) is 0 Å². The van der Waals surface area contributed by atoms with Crippen LogP contribution in [0.1, 0.15) is 58.8 Å². The zero-order valence-corrected chi connectivity index (χ0v) is 10.9. The van der Waals surface area contributed by atoms with Crippen molar-refractivity contribution in [3.63, 3.8) is 0 Å². The van der Waals surface area contributed by atoms with Crippen molar-refractivity contribution >= 4 is 11.8 Å².